The summed E-state index contributed by atoms with van der Waals surface area (Å²) in [5.41, 5.74) is 3.54. The predicted octanol–water partition coefficient (Wildman–Crippen LogP) is 3.42. The second kappa shape index (κ2) is 2.89. The van der Waals surface area contributed by atoms with Gasteiger partial charge in [-0.05, 0) is 29.9 Å². The molecule has 0 amide bonds. The van der Waals surface area contributed by atoms with Gasteiger partial charge in [-0.1, -0.05) is 27.7 Å². The lowest BCUT2D eigenvalue weighted by Gasteiger charge is -2.03. The fourth-order valence-electron chi connectivity index (χ4n) is 3.02. The average Bonchev–Trinajstić information content (AvgIpc) is 2.56. The number of aromatic amines is 1. The number of pyridine rings is 1. The number of rotatable bonds is 1. The molecule has 0 aliphatic heterocycles. The minimum absolute atomic E-state index is 0.315. The molecule has 2 heterocycles. The number of nitrogens with zero attached hydrogens (tertiary/aromatic N) is 2. The SMILES string of the molecule is Cc1ccc2[nH]c(C3C(C)(C)C3(C)C)nc2n1. The first-order valence-corrected chi connectivity index (χ1v) is 6.17. The Morgan fingerprint density at radius 2 is 1.71 bits per heavy atom. The van der Waals surface area contributed by atoms with Crippen molar-refractivity contribution in [3.8, 4) is 0 Å². The summed E-state index contributed by atoms with van der Waals surface area (Å²) < 4.78 is 0. The first kappa shape index (κ1) is 10.8. The first-order chi connectivity index (χ1) is 7.84. The standard InChI is InChI=1S/C14H19N3/c1-8-6-7-9-11(15-8)17-12(16-9)10-13(2,3)14(10,4)5/h6-7,10H,1-5H3,(H,15,16,17). The number of nitrogens with one attached hydrogen (secondary N) is 1. The van der Waals surface area contributed by atoms with Crippen molar-refractivity contribution in [1.82, 2.24) is 15.0 Å². The van der Waals surface area contributed by atoms with Crippen LogP contribution in [0.5, 0.6) is 0 Å². The maximum atomic E-state index is 4.66. The van der Waals surface area contributed by atoms with Gasteiger partial charge >= 0.3 is 0 Å². The van der Waals surface area contributed by atoms with Gasteiger partial charge in [0, 0.05) is 11.6 Å². The van der Waals surface area contributed by atoms with Gasteiger partial charge in [-0.25, -0.2) is 9.97 Å². The number of H-pyrrole nitrogens is 1. The topological polar surface area (TPSA) is 41.6 Å². The van der Waals surface area contributed by atoms with Crippen molar-refractivity contribution in [3.63, 3.8) is 0 Å². The molecule has 1 N–H and O–H groups in total. The van der Waals surface area contributed by atoms with E-state index >= 15 is 0 Å². The van der Waals surface area contributed by atoms with Gasteiger partial charge < -0.3 is 4.98 Å². The van der Waals surface area contributed by atoms with Crippen LogP contribution in [0, 0.1) is 17.8 Å². The highest BCUT2D eigenvalue weighted by molar-refractivity contribution is 5.71. The molecule has 1 aliphatic carbocycles. The molecule has 1 aliphatic rings. The van der Waals surface area contributed by atoms with Crippen LogP contribution in [0.1, 0.15) is 45.1 Å². The molecule has 2 aromatic heterocycles. The Labute approximate surface area is 102 Å². The molecule has 0 bridgehead atoms. The molecule has 0 aromatic carbocycles. The highest BCUT2D eigenvalue weighted by atomic mass is 15.0. The average molecular weight is 229 g/mol. The zero-order valence-corrected chi connectivity index (χ0v) is 11.1. The van der Waals surface area contributed by atoms with Crippen LogP contribution in [-0.4, -0.2) is 15.0 Å². The molecule has 3 nitrogen and oxygen atoms in total. The van der Waals surface area contributed by atoms with Crippen LogP contribution in [0.15, 0.2) is 12.1 Å². The molecule has 1 saturated carbocycles. The smallest absolute Gasteiger partial charge is 0.177 e. The van der Waals surface area contributed by atoms with Crippen molar-refractivity contribution >= 4 is 11.2 Å². The van der Waals surface area contributed by atoms with Gasteiger partial charge in [0.15, 0.2) is 5.65 Å². The van der Waals surface area contributed by atoms with E-state index in [1.165, 1.54) is 0 Å². The van der Waals surface area contributed by atoms with E-state index in [0.29, 0.717) is 16.7 Å². The summed E-state index contributed by atoms with van der Waals surface area (Å²) in [6.45, 7) is 11.2. The van der Waals surface area contributed by atoms with E-state index in [1.54, 1.807) is 0 Å². The number of hydrogen-bond acceptors (Lipinski definition) is 2. The third kappa shape index (κ3) is 1.28. The van der Waals surface area contributed by atoms with Crippen molar-refractivity contribution in [1.29, 1.82) is 0 Å². The Morgan fingerprint density at radius 3 is 2.29 bits per heavy atom. The Balaban J connectivity index is 2.09. The monoisotopic (exact) mass is 229 g/mol. The van der Waals surface area contributed by atoms with Crippen LogP contribution < -0.4 is 0 Å². The lowest BCUT2D eigenvalue weighted by atomic mass is 10.0. The van der Waals surface area contributed by atoms with Crippen molar-refractivity contribution in [2.24, 2.45) is 10.8 Å². The Bertz CT molecular complexity index is 579. The second-order valence-corrected chi connectivity index (χ2v) is 6.32. The molecular weight excluding hydrogens is 210 g/mol. The van der Waals surface area contributed by atoms with E-state index in [4.69, 9.17) is 0 Å². The van der Waals surface area contributed by atoms with Gasteiger partial charge in [0.2, 0.25) is 0 Å². The van der Waals surface area contributed by atoms with Crippen LogP contribution in [0.25, 0.3) is 11.2 Å². The molecule has 1 fully saturated rings. The zero-order valence-electron chi connectivity index (χ0n) is 11.1. The van der Waals surface area contributed by atoms with Crippen molar-refractivity contribution < 1.29 is 0 Å². The fourth-order valence-corrected chi connectivity index (χ4v) is 3.02. The minimum Gasteiger partial charge on any atom is -0.340 e. The van der Waals surface area contributed by atoms with Gasteiger partial charge in [0.1, 0.15) is 5.82 Å². The fraction of sp³-hybridized carbons (Fsp3) is 0.571. The van der Waals surface area contributed by atoms with E-state index in [0.717, 1.165) is 22.7 Å². The predicted molar refractivity (Wildman–Crippen MR) is 68.9 cm³/mol. The van der Waals surface area contributed by atoms with E-state index in [9.17, 15) is 0 Å². The number of fused-ring (bicyclic) bond motifs is 1. The molecule has 3 heteroatoms. The van der Waals surface area contributed by atoms with Crippen molar-refractivity contribution in [2.75, 3.05) is 0 Å². The number of aryl methyl sites for hydroxylation is 1. The highest BCUT2D eigenvalue weighted by Crippen LogP contribution is 2.73. The van der Waals surface area contributed by atoms with E-state index < -0.39 is 0 Å². The normalized spacial score (nSPS) is 21.9. The summed E-state index contributed by atoms with van der Waals surface area (Å²) in [4.78, 5) is 12.5. The van der Waals surface area contributed by atoms with Crippen LogP contribution >= 0.6 is 0 Å². The largest absolute Gasteiger partial charge is 0.340 e. The molecule has 0 atom stereocenters. The highest BCUT2D eigenvalue weighted by Gasteiger charge is 2.66. The molecule has 0 spiro atoms. The summed E-state index contributed by atoms with van der Waals surface area (Å²) in [5, 5.41) is 0. The first-order valence-electron chi connectivity index (χ1n) is 6.17. The van der Waals surface area contributed by atoms with Crippen LogP contribution in [0.3, 0.4) is 0 Å². The number of imidazole rings is 1. The molecule has 2 aromatic rings. The minimum atomic E-state index is 0.315. The molecule has 3 rings (SSSR count). The summed E-state index contributed by atoms with van der Waals surface area (Å²) >= 11 is 0. The Hall–Kier alpha value is -1.38. The summed E-state index contributed by atoms with van der Waals surface area (Å²) in [6.07, 6.45) is 0. The van der Waals surface area contributed by atoms with Crippen LogP contribution in [0.2, 0.25) is 0 Å². The van der Waals surface area contributed by atoms with Gasteiger partial charge in [-0.3, -0.25) is 0 Å². The van der Waals surface area contributed by atoms with Crippen molar-refractivity contribution in [3.05, 3.63) is 23.7 Å². The van der Waals surface area contributed by atoms with Gasteiger partial charge in [-0.15, -0.1) is 0 Å². The number of hydrogen-bond donors (Lipinski definition) is 1. The Morgan fingerprint density at radius 1 is 1.06 bits per heavy atom. The third-order valence-corrected chi connectivity index (χ3v) is 4.80. The zero-order chi connectivity index (χ0) is 12.4. The molecule has 0 radical (unpaired) electrons. The Kier molecular flexibility index (Phi) is 1.83. The van der Waals surface area contributed by atoms with Gasteiger partial charge in [0.25, 0.3) is 0 Å². The lowest BCUT2D eigenvalue weighted by molar-refractivity contribution is 0.457. The molecule has 90 valence electrons. The maximum absolute atomic E-state index is 4.66. The van der Waals surface area contributed by atoms with E-state index in [-0.39, 0.29) is 0 Å². The van der Waals surface area contributed by atoms with Gasteiger partial charge in [0.05, 0.1) is 5.52 Å². The lowest BCUT2D eigenvalue weighted by Crippen LogP contribution is -1.95. The van der Waals surface area contributed by atoms with E-state index in [2.05, 4.69) is 48.7 Å². The van der Waals surface area contributed by atoms with Crippen LogP contribution in [-0.2, 0) is 0 Å². The van der Waals surface area contributed by atoms with E-state index in [1.807, 2.05) is 13.0 Å². The van der Waals surface area contributed by atoms with Crippen LogP contribution in [0.4, 0.5) is 0 Å². The third-order valence-electron chi connectivity index (χ3n) is 4.80. The molecular formula is C14H19N3. The van der Waals surface area contributed by atoms with Crippen molar-refractivity contribution in [2.45, 2.75) is 40.5 Å². The molecule has 17 heavy (non-hydrogen) atoms. The van der Waals surface area contributed by atoms with Gasteiger partial charge in [-0.2, -0.15) is 0 Å². The molecule has 0 saturated heterocycles. The maximum Gasteiger partial charge on any atom is 0.177 e. The number of aromatic nitrogens is 3. The quantitative estimate of drug-likeness (QED) is 0.814. The second-order valence-electron chi connectivity index (χ2n) is 6.32. The summed E-state index contributed by atoms with van der Waals surface area (Å²) in [6, 6.07) is 4.09. The summed E-state index contributed by atoms with van der Waals surface area (Å²) in [5.74, 6) is 1.60. The summed E-state index contributed by atoms with van der Waals surface area (Å²) in [7, 11) is 0. The molecule has 0 unspecified atom stereocenters.